The van der Waals surface area contributed by atoms with Gasteiger partial charge in [-0.3, -0.25) is 9.59 Å². The second-order valence-electron chi connectivity index (χ2n) is 6.56. The predicted molar refractivity (Wildman–Crippen MR) is 89.9 cm³/mol. The first kappa shape index (κ1) is 16.9. The van der Waals surface area contributed by atoms with Crippen LogP contribution in [0.3, 0.4) is 0 Å². The van der Waals surface area contributed by atoms with Crippen LogP contribution in [0, 0.1) is 0 Å². The Bertz CT molecular complexity index is 579. The average Bonchev–Trinajstić information content (AvgIpc) is 3.14. The molecule has 24 heavy (non-hydrogen) atoms. The number of nitrogens with zero attached hydrogens (tertiary/aromatic N) is 1. The Morgan fingerprint density at radius 3 is 2.50 bits per heavy atom. The number of aromatic nitrogens is 1. The van der Waals surface area contributed by atoms with Crippen molar-refractivity contribution in [2.45, 2.75) is 57.1 Å². The molecule has 2 aliphatic rings. The molecule has 6 heteroatoms. The summed E-state index contributed by atoms with van der Waals surface area (Å²) in [4.78, 5) is 28.8. The summed E-state index contributed by atoms with van der Waals surface area (Å²) in [6, 6.07) is 5.20. The lowest BCUT2D eigenvalue weighted by Crippen LogP contribution is -2.37. The molecule has 1 atom stereocenters. The van der Waals surface area contributed by atoms with Gasteiger partial charge >= 0.3 is 0 Å². The van der Waals surface area contributed by atoms with E-state index in [9.17, 15) is 9.59 Å². The Balaban J connectivity index is 1.55. The van der Waals surface area contributed by atoms with Gasteiger partial charge in [-0.25, -0.2) is 4.98 Å². The van der Waals surface area contributed by atoms with Gasteiger partial charge in [0.25, 0.3) is 11.8 Å². The summed E-state index contributed by atoms with van der Waals surface area (Å²) in [7, 11) is 0. The zero-order chi connectivity index (χ0) is 16.8. The number of hydrogen-bond acceptors (Lipinski definition) is 4. The summed E-state index contributed by atoms with van der Waals surface area (Å²) in [5.74, 6) is -0.464. The standard InChI is InChI=1S/C18H25N3O3/c22-17(19-12-14-8-5-11-24-14)15-9-4-10-16(21-15)18(23)20-13-6-2-1-3-7-13/h4,9-10,13-14H,1-3,5-8,11-12H2,(H,19,22)(H,20,23). The van der Waals surface area contributed by atoms with Gasteiger partial charge in [-0.1, -0.05) is 25.3 Å². The van der Waals surface area contributed by atoms with Crippen molar-refractivity contribution in [2.75, 3.05) is 13.2 Å². The van der Waals surface area contributed by atoms with E-state index >= 15 is 0 Å². The van der Waals surface area contributed by atoms with E-state index in [2.05, 4.69) is 15.6 Å². The van der Waals surface area contributed by atoms with Gasteiger partial charge in [-0.15, -0.1) is 0 Å². The molecule has 6 nitrogen and oxygen atoms in total. The number of carbonyl (C=O) groups excluding carboxylic acids is 2. The SMILES string of the molecule is O=C(NCC1CCCO1)c1cccc(C(=O)NC2CCCCC2)n1. The van der Waals surface area contributed by atoms with Gasteiger partial charge in [0.1, 0.15) is 11.4 Å². The van der Waals surface area contributed by atoms with E-state index in [1.54, 1.807) is 18.2 Å². The molecule has 1 saturated heterocycles. The van der Waals surface area contributed by atoms with Gasteiger partial charge in [0.15, 0.2) is 0 Å². The highest BCUT2D eigenvalue weighted by Gasteiger charge is 2.20. The van der Waals surface area contributed by atoms with Crippen LogP contribution in [0.2, 0.25) is 0 Å². The van der Waals surface area contributed by atoms with Crippen molar-refractivity contribution in [3.05, 3.63) is 29.6 Å². The van der Waals surface area contributed by atoms with Gasteiger partial charge < -0.3 is 15.4 Å². The van der Waals surface area contributed by atoms with Crippen LogP contribution in [0.4, 0.5) is 0 Å². The fourth-order valence-electron chi connectivity index (χ4n) is 3.30. The van der Waals surface area contributed by atoms with Crippen molar-refractivity contribution in [1.29, 1.82) is 0 Å². The van der Waals surface area contributed by atoms with Crippen LogP contribution >= 0.6 is 0 Å². The number of ether oxygens (including phenoxy) is 1. The predicted octanol–water partition coefficient (Wildman–Crippen LogP) is 2.05. The lowest BCUT2D eigenvalue weighted by Gasteiger charge is -2.22. The Morgan fingerprint density at radius 1 is 1.04 bits per heavy atom. The number of nitrogens with one attached hydrogen (secondary N) is 2. The maximum Gasteiger partial charge on any atom is 0.270 e. The maximum absolute atomic E-state index is 12.3. The third-order valence-electron chi connectivity index (χ3n) is 4.67. The second-order valence-corrected chi connectivity index (χ2v) is 6.56. The van der Waals surface area contributed by atoms with Crippen molar-refractivity contribution in [1.82, 2.24) is 15.6 Å². The highest BCUT2D eigenvalue weighted by Crippen LogP contribution is 2.17. The van der Waals surface area contributed by atoms with Gasteiger partial charge in [0, 0.05) is 19.2 Å². The molecule has 0 bridgehead atoms. The molecule has 1 aromatic rings. The number of rotatable bonds is 5. The van der Waals surface area contributed by atoms with Gasteiger partial charge in [-0.2, -0.15) is 0 Å². The number of amides is 2. The molecule has 2 fully saturated rings. The van der Waals surface area contributed by atoms with Crippen molar-refractivity contribution in [3.63, 3.8) is 0 Å². The van der Waals surface area contributed by atoms with E-state index in [4.69, 9.17) is 4.74 Å². The Hall–Kier alpha value is -1.95. The third-order valence-corrected chi connectivity index (χ3v) is 4.67. The number of pyridine rings is 1. The minimum absolute atomic E-state index is 0.0896. The Kier molecular flexibility index (Phi) is 5.80. The molecule has 1 aliphatic carbocycles. The minimum atomic E-state index is -0.266. The first-order chi connectivity index (χ1) is 11.7. The molecular weight excluding hydrogens is 306 g/mol. The molecule has 1 saturated carbocycles. The van der Waals surface area contributed by atoms with Crippen LogP contribution in [-0.4, -0.2) is 42.1 Å². The van der Waals surface area contributed by atoms with E-state index in [1.807, 2.05) is 0 Å². The van der Waals surface area contributed by atoms with Crippen molar-refractivity contribution in [2.24, 2.45) is 0 Å². The summed E-state index contributed by atoms with van der Waals surface area (Å²) in [5, 5.41) is 5.86. The van der Waals surface area contributed by atoms with Gasteiger partial charge in [0.05, 0.1) is 6.10 Å². The molecule has 0 aromatic carbocycles. The maximum atomic E-state index is 12.3. The summed E-state index contributed by atoms with van der Waals surface area (Å²) >= 11 is 0. The highest BCUT2D eigenvalue weighted by atomic mass is 16.5. The zero-order valence-electron chi connectivity index (χ0n) is 13.9. The first-order valence-corrected chi connectivity index (χ1v) is 8.90. The molecule has 1 aromatic heterocycles. The summed E-state index contributed by atoms with van der Waals surface area (Å²) in [5.41, 5.74) is 0.564. The topological polar surface area (TPSA) is 80.3 Å². The fourth-order valence-corrected chi connectivity index (χ4v) is 3.30. The molecule has 1 unspecified atom stereocenters. The van der Waals surface area contributed by atoms with Crippen LogP contribution in [0.5, 0.6) is 0 Å². The molecule has 0 spiro atoms. The highest BCUT2D eigenvalue weighted by molar-refractivity contribution is 5.96. The second kappa shape index (κ2) is 8.24. The van der Waals surface area contributed by atoms with E-state index in [-0.39, 0.29) is 29.7 Å². The fraction of sp³-hybridized carbons (Fsp3) is 0.611. The summed E-state index contributed by atoms with van der Waals surface area (Å²) in [6.45, 7) is 1.24. The molecule has 0 radical (unpaired) electrons. The van der Waals surface area contributed by atoms with Crippen LogP contribution < -0.4 is 10.6 Å². The molecular formula is C18H25N3O3. The monoisotopic (exact) mass is 331 g/mol. The van der Waals surface area contributed by atoms with Crippen LogP contribution in [0.1, 0.15) is 65.9 Å². The molecule has 2 amide bonds. The first-order valence-electron chi connectivity index (χ1n) is 8.90. The van der Waals surface area contributed by atoms with Crippen LogP contribution in [-0.2, 0) is 4.74 Å². The van der Waals surface area contributed by atoms with E-state index in [0.29, 0.717) is 12.2 Å². The lowest BCUT2D eigenvalue weighted by molar-refractivity contribution is 0.0853. The molecule has 2 N–H and O–H groups in total. The van der Waals surface area contributed by atoms with Crippen molar-refractivity contribution >= 4 is 11.8 Å². The molecule has 3 rings (SSSR count). The lowest BCUT2D eigenvalue weighted by atomic mass is 9.95. The average molecular weight is 331 g/mol. The van der Waals surface area contributed by atoms with Gasteiger partial charge in [0.2, 0.25) is 0 Å². The molecule has 2 heterocycles. The van der Waals surface area contributed by atoms with Gasteiger partial charge in [-0.05, 0) is 37.8 Å². The molecule has 1 aliphatic heterocycles. The smallest absolute Gasteiger partial charge is 0.270 e. The molecule has 130 valence electrons. The van der Waals surface area contributed by atoms with E-state index in [1.165, 1.54) is 6.42 Å². The van der Waals surface area contributed by atoms with Crippen LogP contribution in [0.15, 0.2) is 18.2 Å². The summed E-state index contributed by atoms with van der Waals surface area (Å²) < 4.78 is 5.49. The number of hydrogen-bond donors (Lipinski definition) is 2. The largest absolute Gasteiger partial charge is 0.376 e. The Labute approximate surface area is 142 Å². The third kappa shape index (κ3) is 4.54. The Morgan fingerprint density at radius 2 is 1.79 bits per heavy atom. The van der Waals surface area contributed by atoms with Crippen LogP contribution in [0.25, 0.3) is 0 Å². The van der Waals surface area contributed by atoms with Crippen molar-refractivity contribution in [3.8, 4) is 0 Å². The quantitative estimate of drug-likeness (QED) is 0.865. The van der Waals surface area contributed by atoms with E-state index < -0.39 is 0 Å². The normalized spacial score (nSPS) is 21.4. The number of carbonyl (C=O) groups is 2. The minimum Gasteiger partial charge on any atom is -0.376 e. The van der Waals surface area contributed by atoms with Crippen molar-refractivity contribution < 1.29 is 14.3 Å². The zero-order valence-corrected chi connectivity index (χ0v) is 13.9. The van der Waals surface area contributed by atoms with E-state index in [0.717, 1.165) is 45.1 Å². The summed E-state index contributed by atoms with van der Waals surface area (Å²) in [6.07, 6.45) is 7.69.